The zero-order valence-electron chi connectivity index (χ0n) is 13.8. The number of hydrogen-bond donors (Lipinski definition) is 5. The van der Waals surface area contributed by atoms with Crippen LogP contribution in [-0.2, 0) is 5.72 Å². The maximum absolute atomic E-state index is 11.6. The first-order valence-electron chi connectivity index (χ1n) is 7.90. The summed E-state index contributed by atoms with van der Waals surface area (Å²) in [6.07, 6.45) is 0. The van der Waals surface area contributed by atoms with Crippen molar-refractivity contribution in [3.8, 4) is 0 Å². The summed E-state index contributed by atoms with van der Waals surface area (Å²) in [6.45, 7) is -0.615. The van der Waals surface area contributed by atoms with E-state index < -0.39 is 17.5 Å². The van der Waals surface area contributed by atoms with Crippen LogP contribution in [0.25, 0.3) is 0 Å². The first kappa shape index (κ1) is 18.0. The molecule has 134 valence electrons. The minimum absolute atomic E-state index is 0.269. The SMILES string of the molecule is CN1CC(O)(O)N(C(O)(c2ccccc2)c2ccccc2)C(O)(O)C1. The first-order valence-corrected chi connectivity index (χ1v) is 7.90. The molecule has 5 N–H and O–H groups in total. The van der Waals surface area contributed by atoms with Crippen molar-refractivity contribution in [2.45, 2.75) is 17.5 Å². The summed E-state index contributed by atoms with van der Waals surface area (Å²) in [4.78, 5) is 1.88. The summed E-state index contributed by atoms with van der Waals surface area (Å²) in [5.41, 5.74) is -1.65. The van der Waals surface area contributed by atoms with E-state index in [4.69, 9.17) is 0 Å². The second kappa shape index (κ2) is 6.15. The van der Waals surface area contributed by atoms with Gasteiger partial charge in [-0.2, -0.15) is 4.90 Å². The second-order valence-corrected chi connectivity index (χ2v) is 6.46. The molecule has 7 nitrogen and oxygen atoms in total. The monoisotopic (exact) mass is 346 g/mol. The van der Waals surface area contributed by atoms with E-state index in [1.54, 1.807) is 60.7 Å². The van der Waals surface area contributed by atoms with E-state index in [1.165, 1.54) is 11.9 Å². The highest BCUT2D eigenvalue weighted by atomic mass is 16.6. The highest BCUT2D eigenvalue weighted by Crippen LogP contribution is 2.42. The van der Waals surface area contributed by atoms with Crippen molar-refractivity contribution in [2.24, 2.45) is 0 Å². The van der Waals surface area contributed by atoms with E-state index >= 15 is 0 Å². The van der Waals surface area contributed by atoms with Crippen LogP contribution >= 0.6 is 0 Å². The third-order valence-electron chi connectivity index (χ3n) is 4.36. The maximum Gasteiger partial charge on any atom is 0.245 e. The fraction of sp³-hybridized carbons (Fsp3) is 0.333. The molecule has 0 radical (unpaired) electrons. The maximum atomic E-state index is 11.6. The van der Waals surface area contributed by atoms with E-state index in [0.29, 0.717) is 4.90 Å². The number of aliphatic hydroxyl groups is 5. The minimum atomic E-state index is -2.70. The Labute approximate surface area is 145 Å². The molecule has 0 atom stereocenters. The molecule has 2 aromatic carbocycles. The summed E-state index contributed by atoms with van der Waals surface area (Å²) in [6, 6.07) is 16.5. The molecule has 0 spiro atoms. The Kier molecular flexibility index (Phi) is 4.42. The molecule has 7 heteroatoms. The number of likely N-dealkylation sites (N-methyl/N-ethyl adjacent to an activating group) is 1. The largest absolute Gasteiger partial charge is 0.367 e. The minimum Gasteiger partial charge on any atom is -0.367 e. The summed E-state index contributed by atoms with van der Waals surface area (Å²) in [5.74, 6) is -5.39. The van der Waals surface area contributed by atoms with E-state index in [0.717, 1.165) is 0 Å². The molecule has 25 heavy (non-hydrogen) atoms. The van der Waals surface area contributed by atoms with Gasteiger partial charge in [-0.05, 0) is 7.05 Å². The van der Waals surface area contributed by atoms with Gasteiger partial charge in [-0.1, -0.05) is 60.7 Å². The Balaban J connectivity index is 2.25. The van der Waals surface area contributed by atoms with Gasteiger partial charge in [-0.25, -0.2) is 0 Å². The molecule has 1 heterocycles. The van der Waals surface area contributed by atoms with Crippen LogP contribution in [0.3, 0.4) is 0 Å². The predicted octanol–water partition coefficient (Wildman–Crippen LogP) is -0.596. The summed E-state index contributed by atoms with van der Waals surface area (Å²) < 4.78 is 0. The van der Waals surface area contributed by atoms with Crippen LogP contribution in [-0.4, -0.2) is 67.3 Å². The second-order valence-electron chi connectivity index (χ2n) is 6.46. The molecule has 0 saturated carbocycles. The van der Waals surface area contributed by atoms with E-state index in [-0.39, 0.29) is 24.2 Å². The third kappa shape index (κ3) is 3.07. The molecule has 1 saturated heterocycles. The lowest BCUT2D eigenvalue weighted by molar-refractivity contribution is -0.454. The van der Waals surface area contributed by atoms with Gasteiger partial charge in [-0.3, -0.25) is 4.90 Å². The number of rotatable bonds is 3. The summed E-state index contributed by atoms with van der Waals surface area (Å²) in [5, 5.41) is 53.8. The average Bonchev–Trinajstić information content (AvgIpc) is 2.53. The van der Waals surface area contributed by atoms with Crippen LogP contribution in [0, 0.1) is 0 Å². The van der Waals surface area contributed by atoms with Gasteiger partial charge in [0.05, 0.1) is 13.1 Å². The standard InChI is InChI=1S/C18H22N2O5/c1-19-12-16(21,22)20(17(23,24)13-19)18(25,14-8-4-2-5-9-14)15-10-6-3-7-11-15/h2-11,21-25H,12-13H2,1H3. The van der Waals surface area contributed by atoms with Crippen molar-refractivity contribution in [3.63, 3.8) is 0 Å². The van der Waals surface area contributed by atoms with Crippen LogP contribution < -0.4 is 0 Å². The van der Waals surface area contributed by atoms with Gasteiger partial charge in [0.2, 0.25) is 11.8 Å². The van der Waals surface area contributed by atoms with Crippen molar-refractivity contribution in [1.82, 2.24) is 9.80 Å². The average molecular weight is 346 g/mol. The molecule has 0 unspecified atom stereocenters. The highest BCUT2D eigenvalue weighted by Gasteiger charge is 2.60. The van der Waals surface area contributed by atoms with Crippen LogP contribution in [0.1, 0.15) is 11.1 Å². The van der Waals surface area contributed by atoms with E-state index in [9.17, 15) is 25.5 Å². The lowest BCUT2D eigenvalue weighted by Gasteiger charge is -2.55. The Morgan fingerprint density at radius 3 is 1.48 bits per heavy atom. The number of nitrogens with zero attached hydrogens (tertiary/aromatic N) is 2. The lowest BCUT2D eigenvalue weighted by Crippen LogP contribution is -2.77. The van der Waals surface area contributed by atoms with Crippen molar-refractivity contribution in [3.05, 3.63) is 71.8 Å². The lowest BCUT2D eigenvalue weighted by atomic mass is 9.90. The quantitative estimate of drug-likeness (QED) is 0.473. The molecular formula is C18H22N2O5. The van der Waals surface area contributed by atoms with Gasteiger partial charge in [0.1, 0.15) is 0 Å². The van der Waals surface area contributed by atoms with Crippen molar-refractivity contribution >= 4 is 0 Å². The van der Waals surface area contributed by atoms with Crippen LogP contribution in [0.4, 0.5) is 0 Å². The Morgan fingerprint density at radius 2 is 1.12 bits per heavy atom. The molecule has 0 amide bonds. The Morgan fingerprint density at radius 1 is 0.760 bits per heavy atom. The first-order chi connectivity index (χ1) is 11.7. The molecule has 0 bridgehead atoms. The predicted molar refractivity (Wildman–Crippen MR) is 89.6 cm³/mol. The number of β-amino-alcohol motifs (C(OH)–C–C–N with tert-alkyl or cyclic N) is 4. The molecule has 1 fully saturated rings. The van der Waals surface area contributed by atoms with Crippen LogP contribution in [0.15, 0.2) is 60.7 Å². The Bertz CT molecular complexity index is 663. The van der Waals surface area contributed by atoms with E-state index in [2.05, 4.69) is 0 Å². The third-order valence-corrected chi connectivity index (χ3v) is 4.36. The van der Waals surface area contributed by atoms with Crippen molar-refractivity contribution in [1.29, 1.82) is 0 Å². The van der Waals surface area contributed by atoms with Gasteiger partial charge in [0.15, 0.2) is 5.72 Å². The molecular weight excluding hydrogens is 324 g/mol. The van der Waals surface area contributed by atoms with E-state index in [1.807, 2.05) is 0 Å². The molecule has 2 aromatic rings. The van der Waals surface area contributed by atoms with Gasteiger partial charge in [-0.15, -0.1) is 0 Å². The van der Waals surface area contributed by atoms with Gasteiger partial charge < -0.3 is 25.5 Å². The molecule has 1 aliphatic rings. The van der Waals surface area contributed by atoms with Crippen LogP contribution in [0.2, 0.25) is 0 Å². The van der Waals surface area contributed by atoms with Gasteiger partial charge >= 0.3 is 0 Å². The summed E-state index contributed by atoms with van der Waals surface area (Å²) in [7, 11) is 1.52. The number of benzene rings is 2. The molecule has 3 rings (SSSR count). The van der Waals surface area contributed by atoms with Crippen molar-refractivity contribution < 1.29 is 25.5 Å². The fourth-order valence-corrected chi connectivity index (χ4v) is 3.49. The zero-order chi connectivity index (χ0) is 18.3. The smallest absolute Gasteiger partial charge is 0.245 e. The topological polar surface area (TPSA) is 108 Å². The zero-order valence-corrected chi connectivity index (χ0v) is 13.8. The molecule has 0 aromatic heterocycles. The fourth-order valence-electron chi connectivity index (χ4n) is 3.49. The highest BCUT2D eigenvalue weighted by molar-refractivity contribution is 5.36. The van der Waals surface area contributed by atoms with Gasteiger partial charge in [0, 0.05) is 11.1 Å². The Hall–Kier alpha value is -1.84. The summed E-state index contributed by atoms with van der Waals surface area (Å²) >= 11 is 0. The number of piperazine rings is 1. The van der Waals surface area contributed by atoms with Crippen LogP contribution in [0.5, 0.6) is 0 Å². The molecule has 1 aliphatic heterocycles. The normalized spacial score (nSPS) is 21.2. The van der Waals surface area contributed by atoms with Gasteiger partial charge in [0.25, 0.3) is 0 Å². The van der Waals surface area contributed by atoms with Crippen molar-refractivity contribution in [2.75, 3.05) is 20.1 Å². The number of hydrogen-bond acceptors (Lipinski definition) is 7. The molecule has 0 aliphatic carbocycles.